The molecule has 1 aliphatic heterocycles. The Kier molecular flexibility index (Phi) is 9.43. The van der Waals surface area contributed by atoms with Crippen molar-refractivity contribution in [3.8, 4) is 0 Å². The van der Waals surface area contributed by atoms with Gasteiger partial charge in [0.05, 0.1) is 27.8 Å². The zero-order valence-electron chi connectivity index (χ0n) is 25.1. The fourth-order valence-corrected chi connectivity index (χ4v) is 6.84. The molecule has 0 radical (unpaired) electrons. The highest BCUT2D eigenvalue weighted by Gasteiger charge is 2.19. The van der Waals surface area contributed by atoms with Crippen molar-refractivity contribution in [1.29, 1.82) is 0 Å². The van der Waals surface area contributed by atoms with Gasteiger partial charge < -0.3 is 26.1 Å². The van der Waals surface area contributed by atoms with Crippen molar-refractivity contribution in [2.24, 2.45) is 10.2 Å². The summed E-state index contributed by atoms with van der Waals surface area (Å²) in [6.45, 7) is 15.0. The van der Waals surface area contributed by atoms with Gasteiger partial charge in [0.1, 0.15) is 5.00 Å². The van der Waals surface area contributed by atoms with E-state index in [1.807, 2.05) is 31.2 Å². The molecule has 4 aromatic rings. The van der Waals surface area contributed by atoms with Crippen LogP contribution in [0.5, 0.6) is 0 Å². The molecule has 1 fully saturated rings. The summed E-state index contributed by atoms with van der Waals surface area (Å²) < 4.78 is 0. The van der Waals surface area contributed by atoms with E-state index in [9.17, 15) is 0 Å². The number of hydrogen-bond donors (Lipinski definition) is 4. The van der Waals surface area contributed by atoms with Crippen LogP contribution in [0.4, 0.5) is 43.0 Å². The average Bonchev–Trinajstić information content (AvgIpc) is 3.73. The van der Waals surface area contributed by atoms with Gasteiger partial charge in [-0.25, -0.2) is 0 Å². The van der Waals surface area contributed by atoms with Crippen LogP contribution >= 0.6 is 22.7 Å². The molecule has 5 rings (SSSR count). The van der Waals surface area contributed by atoms with Gasteiger partial charge in [-0.2, -0.15) is 0 Å². The summed E-state index contributed by atoms with van der Waals surface area (Å²) in [5.41, 5.74) is 19.1. The molecule has 3 heterocycles. The summed E-state index contributed by atoms with van der Waals surface area (Å²) in [4.78, 5) is 4.68. The second-order valence-corrected chi connectivity index (χ2v) is 13.0. The van der Waals surface area contributed by atoms with Crippen molar-refractivity contribution >= 4 is 65.7 Å². The van der Waals surface area contributed by atoms with E-state index >= 15 is 0 Å². The van der Waals surface area contributed by atoms with Crippen LogP contribution in [-0.4, -0.2) is 35.4 Å². The van der Waals surface area contributed by atoms with Gasteiger partial charge in [0.2, 0.25) is 5.13 Å². The minimum atomic E-state index is 0.332. The highest BCUT2D eigenvalue weighted by molar-refractivity contribution is 7.20. The smallest absolute Gasteiger partial charge is 0.253 e. The summed E-state index contributed by atoms with van der Waals surface area (Å²) >= 11 is 3.23. The summed E-state index contributed by atoms with van der Waals surface area (Å²) in [6.07, 6.45) is 2.57. The van der Waals surface area contributed by atoms with Crippen LogP contribution in [0.15, 0.2) is 58.8 Å². The van der Waals surface area contributed by atoms with Crippen molar-refractivity contribution in [3.63, 3.8) is 0 Å². The summed E-state index contributed by atoms with van der Waals surface area (Å²) in [5.74, 6) is 0. The van der Waals surface area contributed by atoms with Crippen LogP contribution in [0.2, 0.25) is 0 Å². The molecule has 222 valence electrons. The number of aromatic nitrogens is 2. The van der Waals surface area contributed by atoms with E-state index in [1.54, 1.807) is 11.3 Å². The number of thiophene rings is 1. The van der Waals surface area contributed by atoms with Crippen LogP contribution in [-0.2, 0) is 0 Å². The Bertz CT molecular complexity index is 1500. The van der Waals surface area contributed by atoms with Gasteiger partial charge in [-0.05, 0) is 114 Å². The Hall–Kier alpha value is -3.90. The van der Waals surface area contributed by atoms with Crippen molar-refractivity contribution in [2.75, 3.05) is 44.6 Å². The van der Waals surface area contributed by atoms with Crippen molar-refractivity contribution in [3.05, 3.63) is 59.7 Å². The van der Waals surface area contributed by atoms with Crippen LogP contribution < -0.4 is 31.5 Å². The third kappa shape index (κ3) is 7.29. The number of aryl methyl sites for hydroxylation is 2. The first kappa shape index (κ1) is 29.6. The first-order valence-corrected chi connectivity index (χ1v) is 16.0. The predicted molar refractivity (Wildman–Crippen MR) is 179 cm³/mol. The van der Waals surface area contributed by atoms with Gasteiger partial charge in [0.15, 0.2) is 0 Å². The Balaban J connectivity index is 1.14. The highest BCUT2D eigenvalue weighted by Crippen LogP contribution is 2.33. The minimum Gasteiger partial charge on any atom is -0.363 e. The van der Waals surface area contributed by atoms with Crippen LogP contribution in [0, 0.1) is 13.8 Å². The molecule has 0 unspecified atom stereocenters. The fourth-order valence-electron chi connectivity index (χ4n) is 4.99. The third-order valence-corrected chi connectivity index (χ3v) is 8.97. The number of anilines is 6. The normalized spacial score (nSPS) is 13.4. The molecule has 0 saturated carbocycles. The second kappa shape index (κ2) is 13.4. The highest BCUT2D eigenvalue weighted by atomic mass is 32.1. The van der Waals surface area contributed by atoms with Crippen LogP contribution in [0.1, 0.15) is 51.7 Å². The number of nitrogens with one attached hydrogen (secondary N) is 4. The standard InChI is InChI=1S/C30H40N10S2/c1-19(2)40(20(3)4)30-38-37-29(42-30)36-34-26-12-9-23(17-22(26)6)31-33-25-11-10-24(18-21(25)5)32-35-27-13-14-28(41-27)39-15-7-8-16-39/h9-14,17-20,31-33,35H,7-8,15-16H2,1-6H3/b36-34+. The molecule has 2 aromatic heterocycles. The molecule has 1 aliphatic rings. The van der Waals surface area contributed by atoms with E-state index in [4.69, 9.17) is 0 Å². The molecule has 2 aromatic carbocycles. The van der Waals surface area contributed by atoms with E-state index in [1.165, 1.54) is 29.2 Å². The van der Waals surface area contributed by atoms with E-state index in [0.717, 1.165) is 57.1 Å². The molecule has 42 heavy (non-hydrogen) atoms. The van der Waals surface area contributed by atoms with Crippen LogP contribution in [0.3, 0.4) is 0 Å². The van der Waals surface area contributed by atoms with Gasteiger partial charge in [-0.1, -0.05) is 22.7 Å². The molecule has 0 aliphatic carbocycles. The van der Waals surface area contributed by atoms with Gasteiger partial charge >= 0.3 is 0 Å². The number of rotatable bonds is 12. The molecule has 0 spiro atoms. The summed E-state index contributed by atoms with van der Waals surface area (Å²) in [5, 5.41) is 21.2. The Labute approximate surface area is 256 Å². The fraction of sp³-hybridized carbons (Fsp3) is 0.400. The lowest BCUT2D eigenvalue weighted by molar-refractivity contribution is 0.603. The number of hydrazine groups is 2. The molecule has 10 nitrogen and oxygen atoms in total. The zero-order chi connectivity index (χ0) is 29.6. The average molecular weight is 605 g/mol. The molecular formula is C30H40N10S2. The number of hydrogen-bond acceptors (Lipinski definition) is 12. The Morgan fingerprint density at radius 1 is 0.762 bits per heavy atom. The van der Waals surface area contributed by atoms with Gasteiger partial charge in [0.25, 0.3) is 5.13 Å². The number of nitrogens with zero attached hydrogens (tertiary/aromatic N) is 6. The number of benzene rings is 2. The molecule has 4 N–H and O–H groups in total. The monoisotopic (exact) mass is 604 g/mol. The maximum Gasteiger partial charge on any atom is 0.253 e. The molecule has 0 bridgehead atoms. The molecule has 0 atom stereocenters. The third-order valence-electron chi connectivity index (χ3n) is 7.08. The van der Waals surface area contributed by atoms with Crippen molar-refractivity contribution < 1.29 is 0 Å². The summed E-state index contributed by atoms with van der Waals surface area (Å²) in [7, 11) is 0. The van der Waals surface area contributed by atoms with E-state index < -0.39 is 0 Å². The lowest BCUT2D eigenvalue weighted by Crippen LogP contribution is -2.36. The number of azo groups is 1. The maximum absolute atomic E-state index is 4.43. The quantitative estimate of drug-likeness (QED) is 0.0940. The van der Waals surface area contributed by atoms with Crippen molar-refractivity contribution in [2.45, 2.75) is 66.5 Å². The summed E-state index contributed by atoms with van der Waals surface area (Å²) in [6, 6.07) is 17.2. The molecule has 0 amide bonds. The minimum absolute atomic E-state index is 0.332. The lowest BCUT2D eigenvalue weighted by Gasteiger charge is -2.29. The predicted octanol–water partition coefficient (Wildman–Crippen LogP) is 8.73. The zero-order valence-corrected chi connectivity index (χ0v) is 26.7. The van der Waals surface area contributed by atoms with E-state index in [2.05, 4.69) is 111 Å². The molecular weight excluding hydrogens is 565 g/mol. The SMILES string of the molecule is Cc1cc(NNc2ccc(NNc3ccc(N4CCCC4)s3)cc2C)ccc1/N=N/c1nnc(N(C(C)C)C(C)C)s1. The van der Waals surface area contributed by atoms with Gasteiger partial charge in [-0.3, -0.25) is 5.43 Å². The van der Waals surface area contributed by atoms with E-state index in [0.29, 0.717) is 17.2 Å². The second-order valence-electron chi connectivity index (χ2n) is 11.0. The molecule has 12 heteroatoms. The Morgan fingerprint density at radius 3 is 2.14 bits per heavy atom. The first-order chi connectivity index (χ1) is 20.3. The lowest BCUT2D eigenvalue weighted by atomic mass is 10.2. The topological polar surface area (TPSA) is 105 Å². The van der Waals surface area contributed by atoms with Gasteiger partial charge in [0, 0.05) is 25.2 Å². The van der Waals surface area contributed by atoms with Crippen molar-refractivity contribution in [1.82, 2.24) is 10.2 Å². The Morgan fingerprint density at radius 2 is 1.45 bits per heavy atom. The largest absolute Gasteiger partial charge is 0.363 e. The molecule has 1 saturated heterocycles. The van der Waals surface area contributed by atoms with E-state index in [-0.39, 0.29) is 0 Å². The maximum atomic E-state index is 4.43. The van der Waals surface area contributed by atoms with Crippen LogP contribution in [0.25, 0.3) is 0 Å². The van der Waals surface area contributed by atoms with Gasteiger partial charge in [-0.15, -0.1) is 20.4 Å². The first-order valence-electron chi connectivity index (χ1n) is 14.4.